The second-order valence-corrected chi connectivity index (χ2v) is 5.38. The van der Waals surface area contributed by atoms with Gasteiger partial charge in [0.15, 0.2) is 0 Å². The van der Waals surface area contributed by atoms with Crippen LogP contribution in [0.2, 0.25) is 0 Å². The number of fused-ring (bicyclic) bond motifs is 1. The van der Waals surface area contributed by atoms with Crippen LogP contribution < -0.4 is 10.6 Å². The van der Waals surface area contributed by atoms with Crippen molar-refractivity contribution in [1.82, 2.24) is 15.1 Å². The van der Waals surface area contributed by atoms with Gasteiger partial charge in [0.2, 0.25) is 0 Å². The highest BCUT2D eigenvalue weighted by atomic mass is 15.3. The first-order valence-electron chi connectivity index (χ1n) is 7.35. The fourth-order valence-electron chi connectivity index (χ4n) is 2.91. The maximum atomic E-state index is 4.51. The van der Waals surface area contributed by atoms with E-state index in [1.165, 1.54) is 11.1 Å². The summed E-state index contributed by atoms with van der Waals surface area (Å²) in [5.41, 5.74) is 5.10. The maximum Gasteiger partial charge on any atom is 0.0853 e. The second kappa shape index (κ2) is 5.67. The molecule has 1 atom stereocenters. The van der Waals surface area contributed by atoms with Gasteiger partial charge in [-0.15, -0.1) is 0 Å². The zero-order valence-electron chi connectivity index (χ0n) is 12.2. The molecular formula is C16H22N4. The number of hydrogen-bond acceptors (Lipinski definition) is 3. The molecule has 1 aliphatic rings. The average Bonchev–Trinajstić information content (AvgIpc) is 2.69. The Morgan fingerprint density at radius 3 is 3.10 bits per heavy atom. The first kappa shape index (κ1) is 13.2. The Balaban J connectivity index is 1.90. The average molecular weight is 270 g/mol. The quantitative estimate of drug-likeness (QED) is 0.901. The van der Waals surface area contributed by atoms with E-state index in [0.29, 0.717) is 6.04 Å². The fraction of sp³-hybridized carbons (Fsp3) is 0.438. The van der Waals surface area contributed by atoms with E-state index in [4.69, 9.17) is 0 Å². The molecule has 0 saturated heterocycles. The van der Waals surface area contributed by atoms with Crippen molar-refractivity contribution in [1.29, 1.82) is 0 Å². The Bertz CT molecular complexity index is 588. The summed E-state index contributed by atoms with van der Waals surface area (Å²) < 4.78 is 1.89. The minimum absolute atomic E-state index is 0.357. The molecule has 3 rings (SSSR count). The zero-order chi connectivity index (χ0) is 13.9. The largest absolute Gasteiger partial charge is 0.375 e. The van der Waals surface area contributed by atoms with E-state index in [1.807, 2.05) is 11.7 Å². The molecule has 1 aliphatic heterocycles. The smallest absolute Gasteiger partial charge is 0.0853 e. The lowest BCUT2D eigenvalue weighted by atomic mass is 9.99. The van der Waals surface area contributed by atoms with Crippen molar-refractivity contribution in [3.8, 4) is 0 Å². The van der Waals surface area contributed by atoms with E-state index in [-0.39, 0.29) is 0 Å². The standard InChI is InChI=1S/C16H22N4/c1-3-14-16(11-20(2)19-14)18-15-8-9-17-10-12-6-4-5-7-13(12)15/h4-7,11,15,17-18H,3,8-10H2,1-2H3. The van der Waals surface area contributed by atoms with Gasteiger partial charge in [0.25, 0.3) is 0 Å². The molecule has 1 unspecified atom stereocenters. The zero-order valence-corrected chi connectivity index (χ0v) is 12.2. The van der Waals surface area contributed by atoms with Crippen molar-refractivity contribution < 1.29 is 0 Å². The van der Waals surface area contributed by atoms with E-state index in [1.54, 1.807) is 0 Å². The molecule has 106 valence electrons. The predicted molar refractivity (Wildman–Crippen MR) is 81.7 cm³/mol. The lowest BCUT2D eigenvalue weighted by Crippen LogP contribution is -2.15. The van der Waals surface area contributed by atoms with Gasteiger partial charge in [-0.2, -0.15) is 5.10 Å². The molecular weight excluding hydrogens is 248 g/mol. The van der Waals surface area contributed by atoms with Crippen LogP contribution in [0.1, 0.15) is 36.2 Å². The highest BCUT2D eigenvalue weighted by molar-refractivity contribution is 5.49. The van der Waals surface area contributed by atoms with E-state index < -0.39 is 0 Å². The molecule has 0 amide bonds. The highest BCUT2D eigenvalue weighted by Crippen LogP contribution is 2.28. The van der Waals surface area contributed by atoms with E-state index in [2.05, 4.69) is 53.1 Å². The summed E-state index contributed by atoms with van der Waals surface area (Å²) in [7, 11) is 1.98. The molecule has 20 heavy (non-hydrogen) atoms. The Hall–Kier alpha value is -1.81. The van der Waals surface area contributed by atoms with Crippen LogP contribution in [0.4, 0.5) is 5.69 Å². The van der Waals surface area contributed by atoms with Crippen LogP contribution in [-0.4, -0.2) is 16.3 Å². The summed E-state index contributed by atoms with van der Waals surface area (Å²) in [6, 6.07) is 9.05. The molecule has 2 N–H and O–H groups in total. The molecule has 2 heterocycles. The van der Waals surface area contributed by atoms with Gasteiger partial charge in [-0.1, -0.05) is 31.2 Å². The number of rotatable bonds is 3. The van der Waals surface area contributed by atoms with Gasteiger partial charge in [-0.3, -0.25) is 4.68 Å². The lowest BCUT2D eigenvalue weighted by molar-refractivity contribution is 0.636. The van der Waals surface area contributed by atoms with E-state index in [9.17, 15) is 0 Å². The van der Waals surface area contributed by atoms with Gasteiger partial charge in [0.05, 0.1) is 17.4 Å². The number of nitrogens with one attached hydrogen (secondary N) is 2. The summed E-state index contributed by atoms with van der Waals surface area (Å²) in [4.78, 5) is 0. The van der Waals surface area contributed by atoms with E-state index in [0.717, 1.165) is 37.3 Å². The normalized spacial score (nSPS) is 18.4. The van der Waals surface area contributed by atoms with Crippen molar-refractivity contribution in [3.63, 3.8) is 0 Å². The second-order valence-electron chi connectivity index (χ2n) is 5.38. The number of aryl methyl sites for hydroxylation is 2. The third-order valence-corrected chi connectivity index (χ3v) is 3.93. The van der Waals surface area contributed by atoms with Crippen molar-refractivity contribution >= 4 is 5.69 Å². The fourth-order valence-corrected chi connectivity index (χ4v) is 2.91. The topological polar surface area (TPSA) is 41.9 Å². The van der Waals surface area contributed by atoms with Crippen LogP contribution in [0.5, 0.6) is 0 Å². The molecule has 0 radical (unpaired) electrons. The first-order chi connectivity index (χ1) is 9.78. The summed E-state index contributed by atoms with van der Waals surface area (Å²) >= 11 is 0. The van der Waals surface area contributed by atoms with Crippen molar-refractivity contribution in [3.05, 3.63) is 47.3 Å². The van der Waals surface area contributed by atoms with Crippen molar-refractivity contribution in [2.45, 2.75) is 32.4 Å². The van der Waals surface area contributed by atoms with Gasteiger partial charge in [-0.05, 0) is 30.5 Å². The number of anilines is 1. The molecule has 0 saturated carbocycles. The predicted octanol–water partition coefficient (Wildman–Crippen LogP) is 2.63. The van der Waals surface area contributed by atoms with Crippen LogP contribution in [0, 0.1) is 0 Å². The molecule has 1 aromatic carbocycles. The number of hydrogen-bond donors (Lipinski definition) is 2. The molecule has 1 aromatic heterocycles. The first-order valence-corrected chi connectivity index (χ1v) is 7.35. The van der Waals surface area contributed by atoms with Crippen LogP contribution in [0.3, 0.4) is 0 Å². The summed E-state index contributed by atoms with van der Waals surface area (Å²) in [6.07, 6.45) is 4.13. The Morgan fingerprint density at radius 1 is 1.40 bits per heavy atom. The number of aromatic nitrogens is 2. The van der Waals surface area contributed by atoms with Gasteiger partial charge in [-0.25, -0.2) is 0 Å². The Kier molecular flexibility index (Phi) is 3.74. The SMILES string of the molecule is CCc1nn(C)cc1NC1CCNCc2ccccc21. The molecule has 2 aromatic rings. The van der Waals surface area contributed by atoms with Crippen LogP contribution >= 0.6 is 0 Å². The minimum atomic E-state index is 0.357. The van der Waals surface area contributed by atoms with Crippen molar-refractivity contribution in [2.75, 3.05) is 11.9 Å². The highest BCUT2D eigenvalue weighted by Gasteiger charge is 2.19. The van der Waals surface area contributed by atoms with E-state index >= 15 is 0 Å². The maximum absolute atomic E-state index is 4.51. The molecule has 4 nitrogen and oxygen atoms in total. The third-order valence-electron chi connectivity index (χ3n) is 3.93. The molecule has 0 aliphatic carbocycles. The van der Waals surface area contributed by atoms with Crippen molar-refractivity contribution in [2.24, 2.45) is 7.05 Å². The number of benzene rings is 1. The monoisotopic (exact) mass is 270 g/mol. The van der Waals surface area contributed by atoms with Gasteiger partial charge in [0, 0.05) is 19.8 Å². The third kappa shape index (κ3) is 2.56. The summed E-state index contributed by atoms with van der Waals surface area (Å²) in [5, 5.41) is 11.7. The number of nitrogens with zero attached hydrogens (tertiary/aromatic N) is 2. The Morgan fingerprint density at radius 2 is 2.25 bits per heavy atom. The van der Waals surface area contributed by atoms with Crippen LogP contribution in [0.15, 0.2) is 30.5 Å². The Labute approximate surface area is 120 Å². The molecule has 0 bridgehead atoms. The lowest BCUT2D eigenvalue weighted by Gasteiger charge is -2.20. The van der Waals surface area contributed by atoms with Gasteiger partial charge >= 0.3 is 0 Å². The molecule has 0 spiro atoms. The van der Waals surface area contributed by atoms with Crippen LogP contribution in [0.25, 0.3) is 0 Å². The summed E-state index contributed by atoms with van der Waals surface area (Å²) in [5.74, 6) is 0. The van der Waals surface area contributed by atoms with Gasteiger partial charge < -0.3 is 10.6 Å². The molecule has 0 fully saturated rings. The molecule has 4 heteroatoms. The summed E-state index contributed by atoms with van der Waals surface area (Å²) in [6.45, 7) is 4.15. The minimum Gasteiger partial charge on any atom is -0.375 e. The van der Waals surface area contributed by atoms with Gasteiger partial charge in [0.1, 0.15) is 0 Å². The van der Waals surface area contributed by atoms with Crippen LogP contribution in [-0.2, 0) is 20.0 Å².